The molecular weight excluding hydrogens is 318 g/mol. The topological polar surface area (TPSA) is 95.3 Å². The predicted octanol–water partition coefficient (Wildman–Crippen LogP) is 3.83. The highest BCUT2D eigenvalue weighted by atomic mass is 16.4. The minimum Gasteiger partial charge on any atom is -0.507 e. The molecule has 6 heteroatoms. The monoisotopic (exact) mass is 339 g/mol. The average Bonchev–Trinajstić information content (AvgIpc) is 2.61. The SMILES string of the molecule is CCC(=O)O.CNc1nc(-c2ccccc2O)nc2cc(C)ccc12. The van der Waals surface area contributed by atoms with Crippen LogP contribution in [0.3, 0.4) is 0 Å². The lowest BCUT2D eigenvalue weighted by molar-refractivity contribution is -0.136. The van der Waals surface area contributed by atoms with Gasteiger partial charge in [-0.3, -0.25) is 4.79 Å². The van der Waals surface area contributed by atoms with E-state index in [1.807, 2.05) is 44.3 Å². The number of anilines is 1. The third-order valence-corrected chi connectivity index (χ3v) is 3.54. The third-order valence-electron chi connectivity index (χ3n) is 3.54. The maximum absolute atomic E-state index is 9.95. The van der Waals surface area contributed by atoms with Crippen LogP contribution in [0.15, 0.2) is 42.5 Å². The van der Waals surface area contributed by atoms with Crippen LogP contribution in [0.2, 0.25) is 0 Å². The first-order chi connectivity index (χ1) is 12.0. The Morgan fingerprint density at radius 2 is 1.84 bits per heavy atom. The number of carboxylic acid groups (broad SMARTS) is 1. The fourth-order valence-corrected chi connectivity index (χ4v) is 2.21. The van der Waals surface area contributed by atoms with Crippen molar-refractivity contribution in [3.63, 3.8) is 0 Å². The minimum atomic E-state index is -0.745. The van der Waals surface area contributed by atoms with Crippen LogP contribution >= 0.6 is 0 Å². The van der Waals surface area contributed by atoms with Crippen molar-refractivity contribution in [2.45, 2.75) is 20.3 Å². The van der Waals surface area contributed by atoms with Gasteiger partial charge in [-0.2, -0.15) is 0 Å². The number of aromatic hydroxyl groups is 1. The average molecular weight is 339 g/mol. The largest absolute Gasteiger partial charge is 0.507 e. The second-order valence-corrected chi connectivity index (χ2v) is 5.43. The van der Waals surface area contributed by atoms with Gasteiger partial charge in [0.15, 0.2) is 5.82 Å². The number of carboxylic acids is 1. The Balaban J connectivity index is 0.000000399. The lowest BCUT2D eigenvalue weighted by Crippen LogP contribution is -1.99. The molecule has 1 aromatic heterocycles. The van der Waals surface area contributed by atoms with E-state index in [9.17, 15) is 9.90 Å². The first kappa shape index (κ1) is 18.2. The van der Waals surface area contributed by atoms with Crippen molar-refractivity contribution in [1.82, 2.24) is 9.97 Å². The van der Waals surface area contributed by atoms with E-state index in [1.165, 1.54) is 0 Å². The number of aryl methyl sites for hydroxylation is 1. The Morgan fingerprint density at radius 1 is 1.16 bits per heavy atom. The normalized spacial score (nSPS) is 10.0. The van der Waals surface area contributed by atoms with E-state index in [2.05, 4.69) is 15.3 Å². The molecule has 0 amide bonds. The molecule has 130 valence electrons. The van der Waals surface area contributed by atoms with E-state index < -0.39 is 5.97 Å². The van der Waals surface area contributed by atoms with Crippen LogP contribution in [-0.2, 0) is 4.79 Å². The van der Waals surface area contributed by atoms with Gasteiger partial charge in [0.1, 0.15) is 11.6 Å². The van der Waals surface area contributed by atoms with E-state index in [4.69, 9.17) is 5.11 Å². The first-order valence-electron chi connectivity index (χ1n) is 7.92. The van der Waals surface area contributed by atoms with Gasteiger partial charge in [0.05, 0.1) is 11.1 Å². The highest BCUT2D eigenvalue weighted by molar-refractivity contribution is 5.91. The minimum absolute atomic E-state index is 0.182. The lowest BCUT2D eigenvalue weighted by Gasteiger charge is -2.09. The Kier molecular flexibility index (Phi) is 5.89. The van der Waals surface area contributed by atoms with Crippen LogP contribution in [-0.4, -0.2) is 33.2 Å². The molecule has 1 heterocycles. The molecular formula is C19H21N3O3. The van der Waals surface area contributed by atoms with Gasteiger partial charge in [0.2, 0.25) is 0 Å². The molecule has 3 aromatic rings. The van der Waals surface area contributed by atoms with Crippen molar-refractivity contribution >= 4 is 22.7 Å². The molecule has 0 aliphatic rings. The molecule has 3 N–H and O–H groups in total. The summed E-state index contributed by atoms with van der Waals surface area (Å²) >= 11 is 0. The number of benzene rings is 2. The maximum Gasteiger partial charge on any atom is 0.303 e. The van der Waals surface area contributed by atoms with Gasteiger partial charge in [-0.15, -0.1) is 0 Å². The molecule has 0 atom stereocenters. The van der Waals surface area contributed by atoms with Crippen molar-refractivity contribution in [3.8, 4) is 17.1 Å². The molecule has 2 aromatic carbocycles. The number of para-hydroxylation sites is 1. The summed E-state index contributed by atoms with van der Waals surface area (Å²) in [5.41, 5.74) is 2.64. The van der Waals surface area contributed by atoms with Crippen LogP contribution in [0.5, 0.6) is 5.75 Å². The van der Waals surface area contributed by atoms with E-state index in [1.54, 1.807) is 19.1 Å². The third kappa shape index (κ3) is 4.44. The molecule has 0 aliphatic heterocycles. The van der Waals surface area contributed by atoms with Crippen LogP contribution in [0.25, 0.3) is 22.3 Å². The van der Waals surface area contributed by atoms with Crippen LogP contribution in [0, 0.1) is 6.92 Å². The molecule has 0 bridgehead atoms. The number of hydrogen-bond donors (Lipinski definition) is 3. The Morgan fingerprint density at radius 3 is 2.44 bits per heavy atom. The molecule has 0 unspecified atom stereocenters. The van der Waals surface area contributed by atoms with Crippen molar-refractivity contribution in [3.05, 3.63) is 48.0 Å². The summed E-state index contributed by atoms with van der Waals surface area (Å²) in [4.78, 5) is 18.4. The van der Waals surface area contributed by atoms with Gasteiger partial charge >= 0.3 is 5.97 Å². The Labute approximate surface area is 146 Å². The summed E-state index contributed by atoms with van der Waals surface area (Å²) in [7, 11) is 1.83. The van der Waals surface area contributed by atoms with Crippen LogP contribution in [0.4, 0.5) is 5.82 Å². The highest BCUT2D eigenvalue weighted by Crippen LogP contribution is 2.29. The molecule has 0 fully saturated rings. The highest BCUT2D eigenvalue weighted by Gasteiger charge is 2.11. The second kappa shape index (κ2) is 8.10. The van der Waals surface area contributed by atoms with Gasteiger partial charge in [0, 0.05) is 18.9 Å². The van der Waals surface area contributed by atoms with E-state index >= 15 is 0 Å². The number of nitrogens with one attached hydrogen (secondary N) is 1. The molecule has 3 rings (SSSR count). The van der Waals surface area contributed by atoms with Crippen LogP contribution in [0.1, 0.15) is 18.9 Å². The van der Waals surface area contributed by atoms with Gasteiger partial charge in [-0.1, -0.05) is 25.1 Å². The zero-order chi connectivity index (χ0) is 18.4. The van der Waals surface area contributed by atoms with Crippen molar-refractivity contribution in [2.75, 3.05) is 12.4 Å². The lowest BCUT2D eigenvalue weighted by atomic mass is 10.1. The molecule has 0 spiro atoms. The fraction of sp³-hybridized carbons (Fsp3) is 0.211. The molecule has 0 saturated heterocycles. The Bertz CT molecular complexity index is 894. The summed E-state index contributed by atoms with van der Waals surface area (Å²) in [6, 6.07) is 13.1. The van der Waals surface area contributed by atoms with E-state index in [0.29, 0.717) is 11.4 Å². The molecule has 0 aliphatic carbocycles. The maximum atomic E-state index is 9.95. The van der Waals surface area contributed by atoms with Gasteiger partial charge < -0.3 is 15.5 Å². The van der Waals surface area contributed by atoms with Crippen molar-refractivity contribution in [2.24, 2.45) is 0 Å². The summed E-state index contributed by atoms with van der Waals surface area (Å²) in [5, 5.41) is 21.7. The van der Waals surface area contributed by atoms with Gasteiger partial charge in [0.25, 0.3) is 0 Å². The number of aliphatic carboxylic acids is 1. The predicted molar refractivity (Wildman–Crippen MR) is 98.8 cm³/mol. The van der Waals surface area contributed by atoms with Crippen molar-refractivity contribution in [1.29, 1.82) is 0 Å². The molecule has 6 nitrogen and oxygen atoms in total. The Hall–Kier alpha value is -3.15. The molecule has 0 radical (unpaired) electrons. The fourth-order valence-electron chi connectivity index (χ4n) is 2.21. The zero-order valence-corrected chi connectivity index (χ0v) is 14.4. The number of fused-ring (bicyclic) bond motifs is 1. The van der Waals surface area contributed by atoms with Gasteiger partial charge in [-0.25, -0.2) is 9.97 Å². The number of phenolic OH excluding ortho intramolecular Hbond substituents is 1. The summed E-state index contributed by atoms with van der Waals surface area (Å²) in [6.45, 7) is 3.63. The number of carbonyl (C=O) groups is 1. The summed E-state index contributed by atoms with van der Waals surface area (Å²) < 4.78 is 0. The van der Waals surface area contributed by atoms with Gasteiger partial charge in [-0.05, 0) is 36.8 Å². The quantitative estimate of drug-likeness (QED) is 0.671. The number of hydrogen-bond acceptors (Lipinski definition) is 5. The summed E-state index contributed by atoms with van der Waals surface area (Å²) in [6.07, 6.45) is 0.222. The number of phenols is 1. The molecule has 25 heavy (non-hydrogen) atoms. The second-order valence-electron chi connectivity index (χ2n) is 5.43. The smallest absolute Gasteiger partial charge is 0.303 e. The van der Waals surface area contributed by atoms with E-state index in [0.717, 1.165) is 22.3 Å². The number of aromatic nitrogens is 2. The standard InChI is InChI=1S/C16H15N3O.C3H6O2/c1-10-7-8-11-13(9-10)18-16(19-15(11)17-2)12-5-3-4-6-14(12)20;1-2-3(4)5/h3-9,20H,1-2H3,(H,17,18,19);2H2,1H3,(H,4,5). The van der Waals surface area contributed by atoms with Crippen LogP contribution < -0.4 is 5.32 Å². The first-order valence-corrected chi connectivity index (χ1v) is 7.92. The molecule has 0 saturated carbocycles. The zero-order valence-electron chi connectivity index (χ0n) is 14.4. The van der Waals surface area contributed by atoms with Crippen molar-refractivity contribution < 1.29 is 15.0 Å². The number of rotatable bonds is 3. The summed E-state index contributed by atoms with van der Waals surface area (Å²) in [5.74, 6) is 0.713. The van der Waals surface area contributed by atoms with E-state index in [-0.39, 0.29) is 12.2 Å². The number of nitrogens with zero attached hydrogens (tertiary/aromatic N) is 2.